The first-order valence-corrected chi connectivity index (χ1v) is 8.86. The number of rotatable bonds is 5. The Labute approximate surface area is 126 Å². The van der Waals surface area contributed by atoms with Crippen molar-refractivity contribution in [2.75, 3.05) is 0 Å². The van der Waals surface area contributed by atoms with Crippen LogP contribution in [-0.2, 0) is 10.0 Å². The first-order chi connectivity index (χ1) is 9.45. The standard InChI is InChI=1S/C13H15BrN2O3S/c14-12-6-5-10(20(18,19)16-9-3-4-9)7-11(12)13(17)15-8-1-2-8/h5-9,16H,1-4H2,(H,15,17). The minimum Gasteiger partial charge on any atom is -0.349 e. The summed E-state index contributed by atoms with van der Waals surface area (Å²) in [6, 6.07) is 4.81. The summed E-state index contributed by atoms with van der Waals surface area (Å²) in [4.78, 5) is 12.2. The van der Waals surface area contributed by atoms with Crippen molar-refractivity contribution in [3.63, 3.8) is 0 Å². The molecule has 0 spiro atoms. The molecule has 1 aromatic carbocycles. The summed E-state index contributed by atoms with van der Waals surface area (Å²) in [5.74, 6) is -0.233. The van der Waals surface area contributed by atoms with Gasteiger partial charge in [-0.15, -0.1) is 0 Å². The molecule has 1 amide bonds. The molecule has 0 aliphatic heterocycles. The Morgan fingerprint density at radius 3 is 2.40 bits per heavy atom. The van der Waals surface area contributed by atoms with Crippen LogP contribution >= 0.6 is 15.9 Å². The van der Waals surface area contributed by atoms with Crippen molar-refractivity contribution in [3.8, 4) is 0 Å². The Kier molecular flexibility index (Phi) is 3.60. The maximum Gasteiger partial charge on any atom is 0.252 e. The monoisotopic (exact) mass is 358 g/mol. The van der Waals surface area contributed by atoms with E-state index in [0.717, 1.165) is 25.7 Å². The van der Waals surface area contributed by atoms with E-state index < -0.39 is 10.0 Å². The van der Waals surface area contributed by atoms with E-state index in [-0.39, 0.29) is 22.9 Å². The average molecular weight is 359 g/mol. The van der Waals surface area contributed by atoms with Gasteiger partial charge in [0.1, 0.15) is 0 Å². The summed E-state index contributed by atoms with van der Waals surface area (Å²) in [5.41, 5.74) is 0.357. The van der Waals surface area contributed by atoms with Crippen LogP contribution in [-0.4, -0.2) is 26.4 Å². The maximum absolute atomic E-state index is 12.1. The lowest BCUT2D eigenvalue weighted by molar-refractivity contribution is 0.0950. The summed E-state index contributed by atoms with van der Waals surface area (Å²) < 4.78 is 27.5. The molecule has 0 unspecified atom stereocenters. The van der Waals surface area contributed by atoms with Crippen molar-refractivity contribution in [1.82, 2.24) is 10.0 Å². The molecule has 108 valence electrons. The van der Waals surface area contributed by atoms with Crippen LogP contribution in [0.3, 0.4) is 0 Å². The van der Waals surface area contributed by atoms with Crippen molar-refractivity contribution >= 4 is 31.9 Å². The number of sulfonamides is 1. The van der Waals surface area contributed by atoms with Gasteiger partial charge in [-0.1, -0.05) is 0 Å². The number of amides is 1. The average Bonchev–Trinajstić information content (AvgIpc) is 3.25. The van der Waals surface area contributed by atoms with Crippen LogP contribution in [0.5, 0.6) is 0 Å². The fourth-order valence-corrected chi connectivity index (χ4v) is 3.58. The molecule has 0 radical (unpaired) electrons. The fourth-order valence-electron chi connectivity index (χ4n) is 1.83. The molecule has 2 saturated carbocycles. The maximum atomic E-state index is 12.1. The molecule has 1 aromatic rings. The second kappa shape index (κ2) is 5.13. The zero-order chi connectivity index (χ0) is 14.3. The number of carbonyl (C=O) groups excluding carboxylic acids is 1. The number of carbonyl (C=O) groups is 1. The molecule has 7 heteroatoms. The van der Waals surface area contributed by atoms with Crippen molar-refractivity contribution in [1.29, 1.82) is 0 Å². The molecule has 2 N–H and O–H groups in total. The van der Waals surface area contributed by atoms with E-state index in [1.54, 1.807) is 6.07 Å². The lowest BCUT2D eigenvalue weighted by atomic mass is 10.2. The van der Waals surface area contributed by atoms with Crippen molar-refractivity contribution in [2.45, 2.75) is 42.7 Å². The topological polar surface area (TPSA) is 75.3 Å². The van der Waals surface area contributed by atoms with Gasteiger partial charge < -0.3 is 5.32 Å². The molecule has 0 atom stereocenters. The number of benzene rings is 1. The highest BCUT2D eigenvalue weighted by molar-refractivity contribution is 9.10. The quantitative estimate of drug-likeness (QED) is 0.842. The predicted octanol–water partition coefficient (Wildman–Crippen LogP) is 1.78. The lowest BCUT2D eigenvalue weighted by Crippen LogP contribution is -2.28. The molecule has 0 saturated heterocycles. The van der Waals surface area contributed by atoms with E-state index >= 15 is 0 Å². The zero-order valence-corrected chi connectivity index (χ0v) is 13.1. The molecule has 2 fully saturated rings. The van der Waals surface area contributed by atoms with Gasteiger partial charge >= 0.3 is 0 Å². The minimum absolute atomic E-state index is 0.0485. The zero-order valence-electron chi connectivity index (χ0n) is 10.7. The molecular formula is C13H15BrN2O3S. The van der Waals surface area contributed by atoms with Crippen molar-refractivity contribution in [2.24, 2.45) is 0 Å². The Morgan fingerprint density at radius 2 is 1.80 bits per heavy atom. The van der Waals surface area contributed by atoms with Gasteiger partial charge in [0.2, 0.25) is 10.0 Å². The summed E-state index contributed by atoms with van der Waals surface area (Å²) in [6.45, 7) is 0. The minimum atomic E-state index is -3.53. The summed E-state index contributed by atoms with van der Waals surface area (Å²) >= 11 is 3.30. The van der Waals surface area contributed by atoms with E-state index in [1.807, 2.05) is 0 Å². The van der Waals surface area contributed by atoms with E-state index in [2.05, 4.69) is 26.0 Å². The molecule has 2 aliphatic carbocycles. The van der Waals surface area contributed by atoms with E-state index in [9.17, 15) is 13.2 Å². The first kappa shape index (κ1) is 14.0. The van der Waals surface area contributed by atoms with Gasteiger partial charge in [-0.25, -0.2) is 13.1 Å². The molecule has 0 bridgehead atoms. The number of nitrogens with one attached hydrogen (secondary N) is 2. The van der Waals surface area contributed by atoms with Crippen molar-refractivity contribution < 1.29 is 13.2 Å². The smallest absolute Gasteiger partial charge is 0.252 e. The van der Waals surface area contributed by atoms with Gasteiger partial charge in [0.15, 0.2) is 0 Å². The van der Waals surface area contributed by atoms with Gasteiger partial charge in [-0.05, 0) is 59.8 Å². The predicted molar refractivity (Wildman–Crippen MR) is 78.0 cm³/mol. The van der Waals surface area contributed by atoms with Crippen LogP contribution < -0.4 is 10.0 Å². The molecular weight excluding hydrogens is 344 g/mol. The third kappa shape index (κ3) is 3.21. The van der Waals surface area contributed by atoms with Crippen LogP contribution in [0.1, 0.15) is 36.0 Å². The molecule has 2 aliphatic rings. The summed E-state index contributed by atoms with van der Waals surface area (Å²) in [5, 5.41) is 2.86. The molecule has 0 aromatic heterocycles. The Hall–Kier alpha value is -0.920. The number of hydrogen-bond donors (Lipinski definition) is 2. The second-order valence-electron chi connectivity index (χ2n) is 5.28. The van der Waals surface area contributed by atoms with E-state index in [1.165, 1.54) is 12.1 Å². The van der Waals surface area contributed by atoms with Gasteiger partial charge in [-0.2, -0.15) is 0 Å². The Bertz CT molecular complexity index is 652. The second-order valence-corrected chi connectivity index (χ2v) is 7.85. The van der Waals surface area contributed by atoms with Gasteiger partial charge in [0, 0.05) is 16.6 Å². The third-order valence-corrected chi connectivity index (χ3v) is 5.51. The SMILES string of the molecule is O=C(NC1CC1)c1cc(S(=O)(=O)NC2CC2)ccc1Br. The van der Waals surface area contributed by atoms with Crippen LogP contribution in [0.25, 0.3) is 0 Å². The van der Waals surface area contributed by atoms with Gasteiger partial charge in [-0.3, -0.25) is 4.79 Å². The summed E-state index contributed by atoms with van der Waals surface area (Å²) in [7, 11) is -3.53. The number of halogens is 1. The molecule has 0 heterocycles. The van der Waals surface area contributed by atoms with Crippen molar-refractivity contribution in [3.05, 3.63) is 28.2 Å². The normalized spacial score (nSPS) is 18.9. The lowest BCUT2D eigenvalue weighted by Gasteiger charge is -2.09. The Balaban J connectivity index is 1.86. The molecule has 20 heavy (non-hydrogen) atoms. The highest BCUT2D eigenvalue weighted by atomic mass is 79.9. The van der Waals surface area contributed by atoms with Crippen LogP contribution in [0, 0.1) is 0 Å². The van der Waals surface area contributed by atoms with E-state index in [4.69, 9.17) is 0 Å². The highest BCUT2D eigenvalue weighted by Crippen LogP contribution is 2.26. The fraction of sp³-hybridized carbons (Fsp3) is 0.462. The third-order valence-electron chi connectivity index (χ3n) is 3.30. The number of hydrogen-bond acceptors (Lipinski definition) is 3. The highest BCUT2D eigenvalue weighted by Gasteiger charge is 2.29. The van der Waals surface area contributed by atoms with Gasteiger partial charge in [0.25, 0.3) is 5.91 Å². The van der Waals surface area contributed by atoms with Gasteiger partial charge in [0.05, 0.1) is 10.5 Å². The van der Waals surface area contributed by atoms with Crippen LogP contribution in [0.15, 0.2) is 27.6 Å². The molecule has 3 rings (SSSR count). The first-order valence-electron chi connectivity index (χ1n) is 6.58. The summed E-state index contributed by atoms with van der Waals surface area (Å²) in [6.07, 6.45) is 3.74. The van der Waals surface area contributed by atoms with Crippen LogP contribution in [0.4, 0.5) is 0 Å². The molecule has 5 nitrogen and oxygen atoms in total. The Morgan fingerprint density at radius 1 is 1.15 bits per heavy atom. The van der Waals surface area contributed by atoms with E-state index in [0.29, 0.717) is 10.0 Å². The van der Waals surface area contributed by atoms with Crippen LogP contribution in [0.2, 0.25) is 0 Å². The largest absolute Gasteiger partial charge is 0.349 e.